The lowest BCUT2D eigenvalue weighted by molar-refractivity contribution is 0.276. The Labute approximate surface area is 115 Å². The molecule has 0 radical (unpaired) electrons. The quantitative estimate of drug-likeness (QED) is 0.847. The fourth-order valence-electron chi connectivity index (χ4n) is 1.53. The van der Waals surface area contributed by atoms with Gasteiger partial charge in [0, 0.05) is 0 Å². The van der Waals surface area contributed by atoms with Gasteiger partial charge >= 0.3 is 0 Å². The summed E-state index contributed by atoms with van der Waals surface area (Å²) in [4.78, 5) is 7.75. The van der Waals surface area contributed by atoms with Gasteiger partial charge in [-0.3, -0.25) is 0 Å². The van der Waals surface area contributed by atoms with Gasteiger partial charge in [0.1, 0.15) is 10.8 Å². The summed E-state index contributed by atoms with van der Waals surface area (Å²) in [6, 6.07) is 9.22. The topological polar surface area (TPSA) is 58.0 Å². The van der Waals surface area contributed by atoms with Crippen LogP contribution in [-0.2, 0) is 0 Å². The van der Waals surface area contributed by atoms with Gasteiger partial charge in [0.2, 0.25) is 5.28 Å². The summed E-state index contributed by atoms with van der Waals surface area (Å²) in [7, 11) is 0. The summed E-state index contributed by atoms with van der Waals surface area (Å²) in [6.45, 7) is -0.0814. The fraction of sp³-hybridized carbons (Fsp3) is 0.167. The zero-order chi connectivity index (χ0) is 13.0. The van der Waals surface area contributed by atoms with Crippen molar-refractivity contribution in [3.05, 3.63) is 52.4 Å². The molecule has 94 valence electrons. The van der Waals surface area contributed by atoms with E-state index in [9.17, 15) is 5.11 Å². The molecule has 1 aromatic carbocycles. The zero-order valence-corrected chi connectivity index (χ0v) is 10.9. The molecule has 1 heterocycles. The highest BCUT2D eigenvalue weighted by Crippen LogP contribution is 2.24. The van der Waals surface area contributed by atoms with Gasteiger partial charge in [-0.25, -0.2) is 4.98 Å². The van der Waals surface area contributed by atoms with Crippen molar-refractivity contribution < 1.29 is 5.11 Å². The zero-order valence-electron chi connectivity index (χ0n) is 9.35. The van der Waals surface area contributed by atoms with E-state index in [-0.39, 0.29) is 17.9 Å². The highest BCUT2D eigenvalue weighted by molar-refractivity contribution is 6.33. The molecule has 0 fully saturated rings. The van der Waals surface area contributed by atoms with Crippen molar-refractivity contribution in [2.75, 3.05) is 11.9 Å². The minimum atomic E-state index is -0.297. The molecule has 0 aliphatic heterocycles. The third-order valence-electron chi connectivity index (χ3n) is 2.41. The monoisotopic (exact) mass is 283 g/mol. The van der Waals surface area contributed by atoms with Gasteiger partial charge < -0.3 is 10.4 Å². The molecule has 0 unspecified atom stereocenters. The molecule has 0 spiro atoms. The number of benzene rings is 1. The van der Waals surface area contributed by atoms with E-state index < -0.39 is 0 Å². The molecule has 6 heteroatoms. The molecule has 4 nitrogen and oxygen atoms in total. The third-order valence-corrected chi connectivity index (χ3v) is 2.87. The maximum atomic E-state index is 9.42. The molecule has 2 rings (SSSR count). The highest BCUT2D eigenvalue weighted by atomic mass is 35.5. The van der Waals surface area contributed by atoms with E-state index in [2.05, 4.69) is 15.3 Å². The van der Waals surface area contributed by atoms with Gasteiger partial charge in [-0.15, -0.1) is 0 Å². The second-order valence-electron chi connectivity index (χ2n) is 3.63. The lowest BCUT2D eigenvalue weighted by Gasteiger charge is -2.17. The van der Waals surface area contributed by atoms with E-state index in [1.165, 1.54) is 6.20 Å². The molecule has 2 N–H and O–H groups in total. The van der Waals surface area contributed by atoms with Crippen LogP contribution in [-0.4, -0.2) is 21.7 Å². The molecule has 18 heavy (non-hydrogen) atoms. The third kappa shape index (κ3) is 3.10. The Morgan fingerprint density at radius 2 is 1.94 bits per heavy atom. The fourth-order valence-corrected chi connectivity index (χ4v) is 1.81. The van der Waals surface area contributed by atoms with E-state index in [1.807, 2.05) is 30.3 Å². The number of nitrogens with one attached hydrogen (secondary N) is 1. The SMILES string of the molecule is OC[C@H](Nc1nc(Cl)ncc1Cl)c1ccccc1. The van der Waals surface area contributed by atoms with Gasteiger partial charge in [0.15, 0.2) is 0 Å². The molecule has 0 saturated carbocycles. The summed E-state index contributed by atoms with van der Waals surface area (Å²) < 4.78 is 0. The van der Waals surface area contributed by atoms with Crippen LogP contribution >= 0.6 is 23.2 Å². The Morgan fingerprint density at radius 3 is 2.61 bits per heavy atom. The van der Waals surface area contributed by atoms with Gasteiger partial charge in [0.05, 0.1) is 18.8 Å². The summed E-state index contributed by atoms with van der Waals surface area (Å²) in [5.41, 5.74) is 0.936. The molecule has 1 atom stereocenters. The van der Waals surface area contributed by atoms with Gasteiger partial charge in [-0.05, 0) is 17.2 Å². The van der Waals surface area contributed by atoms with Crippen LogP contribution in [0.1, 0.15) is 11.6 Å². The van der Waals surface area contributed by atoms with Gasteiger partial charge in [-0.1, -0.05) is 41.9 Å². The molecule has 0 aliphatic carbocycles. The van der Waals surface area contributed by atoms with E-state index in [0.29, 0.717) is 10.8 Å². The minimum Gasteiger partial charge on any atom is -0.394 e. The van der Waals surface area contributed by atoms with Crippen molar-refractivity contribution in [2.24, 2.45) is 0 Å². The summed E-state index contributed by atoms with van der Waals surface area (Å²) in [5, 5.41) is 12.9. The molecular formula is C12H11Cl2N3O. The number of aromatic nitrogens is 2. The van der Waals surface area contributed by atoms with E-state index in [4.69, 9.17) is 23.2 Å². The van der Waals surface area contributed by atoms with Gasteiger partial charge in [-0.2, -0.15) is 4.98 Å². The molecule has 0 amide bonds. The first-order valence-electron chi connectivity index (χ1n) is 5.31. The summed E-state index contributed by atoms with van der Waals surface area (Å²) in [6.07, 6.45) is 1.42. The first kappa shape index (κ1) is 13.1. The number of rotatable bonds is 4. The molecule has 1 aromatic heterocycles. The average Bonchev–Trinajstić information content (AvgIpc) is 2.41. The molecule has 0 aliphatic rings. The van der Waals surface area contributed by atoms with Crippen molar-refractivity contribution in [2.45, 2.75) is 6.04 Å². The first-order valence-corrected chi connectivity index (χ1v) is 6.06. The molecular weight excluding hydrogens is 273 g/mol. The van der Waals surface area contributed by atoms with E-state index >= 15 is 0 Å². The molecule has 2 aromatic rings. The van der Waals surface area contributed by atoms with Crippen LogP contribution in [0.25, 0.3) is 0 Å². The number of aliphatic hydroxyl groups is 1. The van der Waals surface area contributed by atoms with Crippen molar-refractivity contribution in [3.63, 3.8) is 0 Å². The smallest absolute Gasteiger partial charge is 0.224 e. The summed E-state index contributed by atoms with van der Waals surface area (Å²) in [5.74, 6) is 0.402. The van der Waals surface area contributed by atoms with Crippen molar-refractivity contribution in [1.82, 2.24) is 9.97 Å². The minimum absolute atomic E-state index is 0.0814. The van der Waals surface area contributed by atoms with Crippen molar-refractivity contribution >= 4 is 29.0 Å². The maximum Gasteiger partial charge on any atom is 0.224 e. The van der Waals surface area contributed by atoms with Crippen LogP contribution in [0.4, 0.5) is 5.82 Å². The highest BCUT2D eigenvalue weighted by Gasteiger charge is 2.13. The number of halogens is 2. The average molecular weight is 284 g/mol. The normalized spacial score (nSPS) is 12.2. The van der Waals surface area contributed by atoms with Crippen LogP contribution in [0.3, 0.4) is 0 Å². The van der Waals surface area contributed by atoms with Crippen LogP contribution in [0, 0.1) is 0 Å². The second-order valence-corrected chi connectivity index (χ2v) is 4.37. The largest absolute Gasteiger partial charge is 0.394 e. The number of hydrogen-bond acceptors (Lipinski definition) is 4. The first-order chi connectivity index (χ1) is 8.70. The van der Waals surface area contributed by atoms with E-state index in [0.717, 1.165) is 5.56 Å². The van der Waals surface area contributed by atoms with Crippen LogP contribution in [0.5, 0.6) is 0 Å². The van der Waals surface area contributed by atoms with Crippen LogP contribution in [0.2, 0.25) is 10.3 Å². The lowest BCUT2D eigenvalue weighted by atomic mass is 10.1. The van der Waals surface area contributed by atoms with Crippen LogP contribution < -0.4 is 5.32 Å². The van der Waals surface area contributed by atoms with Crippen molar-refractivity contribution in [1.29, 1.82) is 0 Å². The van der Waals surface area contributed by atoms with Crippen LogP contribution in [0.15, 0.2) is 36.5 Å². The molecule has 0 bridgehead atoms. The van der Waals surface area contributed by atoms with Gasteiger partial charge in [0.25, 0.3) is 0 Å². The van der Waals surface area contributed by atoms with E-state index in [1.54, 1.807) is 0 Å². The maximum absolute atomic E-state index is 9.42. The Bertz CT molecular complexity index is 522. The second kappa shape index (κ2) is 6.00. The standard InChI is InChI=1S/C12H11Cl2N3O/c13-9-6-15-12(14)17-11(9)16-10(7-18)8-4-2-1-3-5-8/h1-6,10,18H,7H2,(H,15,16,17)/t10-/m0/s1. The lowest BCUT2D eigenvalue weighted by Crippen LogP contribution is -2.16. The Morgan fingerprint density at radius 1 is 1.22 bits per heavy atom. The predicted molar refractivity (Wildman–Crippen MR) is 71.9 cm³/mol. The predicted octanol–water partition coefficient (Wildman–Crippen LogP) is 2.93. The Balaban J connectivity index is 2.23. The van der Waals surface area contributed by atoms with Crippen molar-refractivity contribution in [3.8, 4) is 0 Å². The number of hydrogen-bond donors (Lipinski definition) is 2. The molecule has 0 saturated heterocycles. The Hall–Kier alpha value is -1.36. The number of anilines is 1. The summed E-state index contributed by atoms with van der Waals surface area (Å²) >= 11 is 11.7. The Kier molecular flexibility index (Phi) is 4.36. The number of aliphatic hydroxyl groups excluding tert-OH is 1. The number of nitrogens with zero attached hydrogens (tertiary/aromatic N) is 2.